The van der Waals surface area contributed by atoms with Crippen molar-refractivity contribution in [1.82, 2.24) is 0 Å². The number of allylic oxidation sites excluding steroid dienone is 1. The Hall–Kier alpha value is 0.0900. The molecule has 1 unspecified atom stereocenters. The molecule has 0 heterocycles. The predicted octanol–water partition coefficient (Wildman–Crippen LogP) is 2.85. The van der Waals surface area contributed by atoms with Crippen molar-refractivity contribution in [1.29, 1.82) is 0 Å². The molecular formula is C8H14S. The van der Waals surface area contributed by atoms with Gasteiger partial charge in [-0.2, -0.15) is 11.8 Å². The number of thioether (sulfide) groups is 1. The molecule has 0 radical (unpaired) electrons. The third-order valence-corrected chi connectivity index (χ3v) is 2.81. The van der Waals surface area contributed by atoms with Gasteiger partial charge >= 0.3 is 0 Å². The van der Waals surface area contributed by atoms with Gasteiger partial charge in [0.15, 0.2) is 0 Å². The zero-order valence-electron chi connectivity index (χ0n) is 6.18. The molecule has 0 spiro atoms. The summed E-state index contributed by atoms with van der Waals surface area (Å²) >= 11 is 1.97. The monoisotopic (exact) mass is 142 g/mol. The maximum Gasteiger partial charge on any atom is 0.0226 e. The van der Waals surface area contributed by atoms with Crippen LogP contribution >= 0.6 is 11.8 Å². The second kappa shape index (κ2) is 3.31. The smallest absolute Gasteiger partial charge is 0.0226 e. The summed E-state index contributed by atoms with van der Waals surface area (Å²) in [7, 11) is 0. The van der Waals surface area contributed by atoms with Gasteiger partial charge in [0, 0.05) is 5.25 Å². The summed E-state index contributed by atoms with van der Waals surface area (Å²) in [5, 5.41) is 0.818. The molecule has 0 nitrogen and oxygen atoms in total. The molecule has 0 aromatic heterocycles. The lowest BCUT2D eigenvalue weighted by molar-refractivity contribution is 0.712. The summed E-state index contributed by atoms with van der Waals surface area (Å²) in [6.45, 7) is 2.24. The average Bonchev–Trinajstić information content (AvgIpc) is 1.88. The number of hydrogen-bond donors (Lipinski definition) is 0. The molecule has 1 aliphatic carbocycles. The third-order valence-electron chi connectivity index (χ3n) is 1.83. The van der Waals surface area contributed by atoms with Gasteiger partial charge in [-0.1, -0.05) is 11.6 Å². The van der Waals surface area contributed by atoms with E-state index in [0.717, 1.165) is 5.25 Å². The van der Waals surface area contributed by atoms with Crippen molar-refractivity contribution < 1.29 is 0 Å². The van der Waals surface area contributed by atoms with Gasteiger partial charge in [-0.25, -0.2) is 0 Å². The van der Waals surface area contributed by atoms with Crippen molar-refractivity contribution in [2.45, 2.75) is 31.4 Å². The molecule has 0 N–H and O–H groups in total. The molecule has 1 rings (SSSR count). The molecule has 0 saturated carbocycles. The van der Waals surface area contributed by atoms with E-state index in [9.17, 15) is 0 Å². The quantitative estimate of drug-likeness (QED) is 0.507. The molecule has 9 heavy (non-hydrogen) atoms. The Kier molecular flexibility index (Phi) is 2.65. The zero-order chi connectivity index (χ0) is 6.69. The van der Waals surface area contributed by atoms with Crippen molar-refractivity contribution in [3.63, 3.8) is 0 Å². The van der Waals surface area contributed by atoms with E-state index < -0.39 is 0 Å². The van der Waals surface area contributed by atoms with Crippen molar-refractivity contribution in [3.8, 4) is 0 Å². The molecular weight excluding hydrogens is 128 g/mol. The summed E-state index contributed by atoms with van der Waals surface area (Å²) < 4.78 is 0. The van der Waals surface area contributed by atoms with Gasteiger partial charge < -0.3 is 0 Å². The molecule has 0 amide bonds. The molecule has 52 valence electrons. The number of hydrogen-bond acceptors (Lipinski definition) is 1. The highest BCUT2D eigenvalue weighted by molar-refractivity contribution is 7.99. The van der Waals surface area contributed by atoms with Crippen LogP contribution in [-0.4, -0.2) is 11.5 Å². The first-order valence-corrected chi connectivity index (χ1v) is 4.82. The van der Waals surface area contributed by atoms with Crippen LogP contribution < -0.4 is 0 Å². The van der Waals surface area contributed by atoms with E-state index in [2.05, 4.69) is 19.3 Å². The van der Waals surface area contributed by atoms with E-state index in [-0.39, 0.29) is 0 Å². The highest BCUT2D eigenvalue weighted by Gasteiger charge is 2.08. The zero-order valence-corrected chi connectivity index (χ0v) is 7.00. The molecule has 1 atom stereocenters. The Morgan fingerprint density at radius 1 is 1.67 bits per heavy atom. The predicted molar refractivity (Wildman–Crippen MR) is 44.9 cm³/mol. The highest BCUT2D eigenvalue weighted by atomic mass is 32.2. The van der Waals surface area contributed by atoms with Gasteiger partial charge in [0.1, 0.15) is 0 Å². The second-order valence-electron chi connectivity index (χ2n) is 2.68. The Labute approximate surface area is 61.7 Å². The van der Waals surface area contributed by atoms with Gasteiger partial charge in [-0.3, -0.25) is 0 Å². The van der Waals surface area contributed by atoms with Crippen molar-refractivity contribution in [2.24, 2.45) is 0 Å². The first-order valence-electron chi connectivity index (χ1n) is 3.53. The van der Waals surface area contributed by atoms with Crippen LogP contribution in [0.3, 0.4) is 0 Å². The molecule has 0 fully saturated rings. The minimum Gasteiger partial charge on any atom is -0.158 e. The maximum atomic E-state index is 2.41. The highest BCUT2D eigenvalue weighted by Crippen LogP contribution is 2.24. The first-order chi connectivity index (χ1) is 4.33. The molecule has 0 bridgehead atoms. The lowest BCUT2D eigenvalue weighted by Gasteiger charge is -2.16. The topological polar surface area (TPSA) is 0 Å². The Morgan fingerprint density at radius 3 is 2.89 bits per heavy atom. The fourth-order valence-electron chi connectivity index (χ4n) is 1.25. The molecule has 0 aliphatic heterocycles. The minimum absolute atomic E-state index is 0.818. The van der Waals surface area contributed by atoms with Crippen molar-refractivity contribution >= 4 is 11.8 Å². The van der Waals surface area contributed by atoms with E-state index in [1.54, 1.807) is 5.57 Å². The second-order valence-corrected chi connectivity index (χ2v) is 3.76. The number of rotatable bonds is 1. The summed E-state index contributed by atoms with van der Waals surface area (Å²) in [5.74, 6) is 0. The van der Waals surface area contributed by atoms with Crippen LogP contribution in [0, 0.1) is 0 Å². The Balaban J connectivity index is 2.47. The first kappa shape index (κ1) is 7.20. The van der Waals surface area contributed by atoms with E-state index in [4.69, 9.17) is 0 Å². The lowest BCUT2D eigenvalue weighted by atomic mass is 10.0. The standard InChI is InChI=1S/C8H14S/c1-7-4-3-5-8(6-7)9-2/h6,8H,3-5H2,1-2H3. The molecule has 1 heteroatoms. The Bertz CT molecular complexity index is 116. The molecule has 0 saturated heterocycles. The third kappa shape index (κ3) is 2.05. The summed E-state index contributed by atoms with van der Waals surface area (Å²) in [6.07, 6.45) is 8.72. The van der Waals surface area contributed by atoms with Gasteiger partial charge in [-0.15, -0.1) is 0 Å². The van der Waals surface area contributed by atoms with Crippen LogP contribution in [0.5, 0.6) is 0 Å². The SMILES string of the molecule is CSC1C=C(C)CCC1. The summed E-state index contributed by atoms with van der Waals surface area (Å²) in [6, 6.07) is 0. The summed E-state index contributed by atoms with van der Waals surface area (Å²) in [5.41, 5.74) is 1.58. The average molecular weight is 142 g/mol. The van der Waals surface area contributed by atoms with Crippen LogP contribution in [-0.2, 0) is 0 Å². The lowest BCUT2D eigenvalue weighted by Crippen LogP contribution is -2.03. The minimum atomic E-state index is 0.818. The van der Waals surface area contributed by atoms with Crippen LogP contribution in [0.1, 0.15) is 26.2 Å². The fraction of sp³-hybridized carbons (Fsp3) is 0.750. The van der Waals surface area contributed by atoms with Crippen molar-refractivity contribution in [3.05, 3.63) is 11.6 Å². The molecule has 1 aliphatic rings. The molecule has 0 aromatic carbocycles. The molecule has 0 aromatic rings. The van der Waals surface area contributed by atoms with E-state index in [1.165, 1.54) is 19.3 Å². The fourth-order valence-corrected chi connectivity index (χ4v) is 2.02. The van der Waals surface area contributed by atoms with Gasteiger partial charge in [0.2, 0.25) is 0 Å². The van der Waals surface area contributed by atoms with Crippen LogP contribution in [0.2, 0.25) is 0 Å². The Morgan fingerprint density at radius 2 is 2.44 bits per heavy atom. The van der Waals surface area contributed by atoms with Crippen LogP contribution in [0.4, 0.5) is 0 Å². The van der Waals surface area contributed by atoms with E-state index >= 15 is 0 Å². The van der Waals surface area contributed by atoms with Gasteiger partial charge in [-0.05, 0) is 32.4 Å². The van der Waals surface area contributed by atoms with Crippen molar-refractivity contribution in [2.75, 3.05) is 6.26 Å². The normalized spacial score (nSPS) is 27.8. The summed E-state index contributed by atoms with van der Waals surface area (Å²) in [4.78, 5) is 0. The van der Waals surface area contributed by atoms with Crippen LogP contribution in [0.15, 0.2) is 11.6 Å². The maximum absolute atomic E-state index is 2.41. The van der Waals surface area contributed by atoms with Gasteiger partial charge in [0.25, 0.3) is 0 Å². The van der Waals surface area contributed by atoms with Gasteiger partial charge in [0.05, 0.1) is 0 Å². The largest absolute Gasteiger partial charge is 0.158 e. The van der Waals surface area contributed by atoms with E-state index in [1.807, 2.05) is 11.8 Å². The van der Waals surface area contributed by atoms with Crippen LogP contribution in [0.25, 0.3) is 0 Å². The van der Waals surface area contributed by atoms with E-state index in [0.29, 0.717) is 0 Å².